The third-order valence-corrected chi connectivity index (χ3v) is 5.01. The van der Waals surface area contributed by atoms with Gasteiger partial charge in [0, 0.05) is 25.2 Å². The summed E-state index contributed by atoms with van der Waals surface area (Å²) in [5, 5.41) is 2.56. The normalized spacial score (nSPS) is 26.7. The van der Waals surface area contributed by atoms with Gasteiger partial charge in [-0.3, -0.25) is 9.59 Å². The zero-order valence-electron chi connectivity index (χ0n) is 12.5. The third kappa shape index (κ3) is 2.44. The molecule has 7 heteroatoms. The second-order valence-corrected chi connectivity index (χ2v) is 6.14. The van der Waals surface area contributed by atoms with Crippen LogP contribution in [0.15, 0.2) is 12.7 Å². The van der Waals surface area contributed by atoms with Crippen LogP contribution in [0.25, 0.3) is 0 Å². The number of nitrogens with one attached hydrogen (secondary N) is 1. The summed E-state index contributed by atoms with van der Waals surface area (Å²) in [6.07, 6.45) is 4.28. The molecule has 3 rings (SSSR count). The van der Waals surface area contributed by atoms with Gasteiger partial charge in [0.1, 0.15) is 12.6 Å². The van der Waals surface area contributed by atoms with E-state index in [2.05, 4.69) is 11.9 Å². The second kappa shape index (κ2) is 5.62. The van der Waals surface area contributed by atoms with Gasteiger partial charge in [0.05, 0.1) is 0 Å². The number of nitrogens with zero attached hydrogens (tertiary/aromatic N) is 2. The summed E-state index contributed by atoms with van der Waals surface area (Å²) in [7, 11) is 0. The molecule has 0 aliphatic carbocycles. The topological polar surface area (TPSA) is 79.0 Å². The maximum absolute atomic E-state index is 12.7. The summed E-state index contributed by atoms with van der Waals surface area (Å²) in [5.74, 6) is -0.117. The minimum Gasteiger partial charge on any atom is -0.447 e. The van der Waals surface area contributed by atoms with E-state index in [0.29, 0.717) is 19.6 Å². The number of ether oxygens (including phenoxy) is 1. The van der Waals surface area contributed by atoms with Crippen molar-refractivity contribution in [1.82, 2.24) is 15.1 Å². The van der Waals surface area contributed by atoms with Crippen LogP contribution in [0.1, 0.15) is 25.7 Å². The van der Waals surface area contributed by atoms with Crippen molar-refractivity contribution in [2.24, 2.45) is 0 Å². The van der Waals surface area contributed by atoms with Gasteiger partial charge in [-0.15, -0.1) is 0 Å². The molecular formula is C15H21N3O4. The highest BCUT2D eigenvalue weighted by molar-refractivity contribution is 5.89. The van der Waals surface area contributed by atoms with Crippen molar-refractivity contribution in [3.63, 3.8) is 0 Å². The smallest absolute Gasteiger partial charge is 0.407 e. The fraction of sp³-hybridized carbons (Fsp3) is 0.667. The lowest BCUT2D eigenvalue weighted by atomic mass is 9.84. The minimum absolute atomic E-state index is 0.0535. The highest BCUT2D eigenvalue weighted by atomic mass is 16.6. The number of hydrogen-bond donors (Lipinski definition) is 1. The van der Waals surface area contributed by atoms with Gasteiger partial charge in [0.25, 0.3) is 0 Å². The van der Waals surface area contributed by atoms with E-state index in [9.17, 15) is 14.4 Å². The number of hydrogen-bond acceptors (Lipinski definition) is 4. The van der Waals surface area contributed by atoms with Crippen LogP contribution >= 0.6 is 0 Å². The Labute approximate surface area is 129 Å². The summed E-state index contributed by atoms with van der Waals surface area (Å²) in [4.78, 5) is 39.2. The van der Waals surface area contributed by atoms with Gasteiger partial charge in [0.15, 0.2) is 0 Å². The molecule has 3 saturated heterocycles. The Morgan fingerprint density at radius 2 is 2.00 bits per heavy atom. The fourth-order valence-corrected chi connectivity index (χ4v) is 3.78. The van der Waals surface area contributed by atoms with E-state index in [1.54, 1.807) is 4.90 Å². The molecule has 0 aromatic rings. The van der Waals surface area contributed by atoms with Crippen molar-refractivity contribution >= 4 is 17.9 Å². The predicted octanol–water partition coefficient (Wildman–Crippen LogP) is 0.264. The number of alkyl carbamates (subject to hydrolysis) is 1. The van der Waals surface area contributed by atoms with Crippen LogP contribution in [0.3, 0.4) is 0 Å². The number of cyclic esters (lactones) is 1. The van der Waals surface area contributed by atoms with Crippen molar-refractivity contribution in [1.29, 1.82) is 0 Å². The van der Waals surface area contributed by atoms with Crippen LogP contribution in [0.4, 0.5) is 4.79 Å². The molecule has 0 aromatic heterocycles. The van der Waals surface area contributed by atoms with Crippen LogP contribution in [-0.2, 0) is 14.3 Å². The standard InChI is InChI=1S/C15H21N3O4/c1-2-12(19)17-8-5-15(6-9-17)4-3-7-18(15)13(20)11-10-22-14(21)16-11/h2,11H,1,3-10H2,(H,16,21)/t11-/m0/s1. The molecule has 7 nitrogen and oxygen atoms in total. The zero-order chi connectivity index (χ0) is 15.7. The number of amides is 3. The maximum atomic E-state index is 12.7. The largest absolute Gasteiger partial charge is 0.447 e. The summed E-state index contributed by atoms with van der Waals surface area (Å²) in [5.41, 5.74) is -0.178. The van der Waals surface area contributed by atoms with Crippen LogP contribution < -0.4 is 5.32 Å². The van der Waals surface area contributed by atoms with Crippen LogP contribution in [0.5, 0.6) is 0 Å². The first kappa shape index (κ1) is 14.9. The van der Waals surface area contributed by atoms with Gasteiger partial charge >= 0.3 is 6.09 Å². The molecule has 3 aliphatic rings. The van der Waals surface area contributed by atoms with E-state index < -0.39 is 12.1 Å². The van der Waals surface area contributed by atoms with E-state index in [0.717, 1.165) is 25.7 Å². The van der Waals surface area contributed by atoms with Crippen LogP contribution in [0, 0.1) is 0 Å². The second-order valence-electron chi connectivity index (χ2n) is 6.14. The van der Waals surface area contributed by atoms with Crippen molar-refractivity contribution in [3.05, 3.63) is 12.7 Å². The molecule has 0 aromatic carbocycles. The minimum atomic E-state index is -0.574. The monoisotopic (exact) mass is 307 g/mol. The Balaban J connectivity index is 1.68. The highest BCUT2D eigenvalue weighted by Gasteiger charge is 2.48. The molecule has 1 spiro atoms. The number of carbonyl (C=O) groups excluding carboxylic acids is 3. The first-order chi connectivity index (χ1) is 10.6. The molecule has 0 unspecified atom stereocenters. The molecule has 22 heavy (non-hydrogen) atoms. The van der Waals surface area contributed by atoms with E-state index in [1.165, 1.54) is 6.08 Å². The molecule has 1 atom stereocenters. The lowest BCUT2D eigenvalue weighted by molar-refractivity contribution is -0.140. The average molecular weight is 307 g/mol. The molecule has 3 aliphatic heterocycles. The van der Waals surface area contributed by atoms with Crippen molar-refractivity contribution < 1.29 is 19.1 Å². The molecule has 1 N–H and O–H groups in total. The average Bonchev–Trinajstić information content (AvgIpc) is 3.13. The lowest BCUT2D eigenvalue weighted by Gasteiger charge is -2.45. The maximum Gasteiger partial charge on any atom is 0.407 e. The Kier molecular flexibility index (Phi) is 3.80. The van der Waals surface area contributed by atoms with E-state index in [-0.39, 0.29) is 24.0 Å². The van der Waals surface area contributed by atoms with Crippen molar-refractivity contribution in [3.8, 4) is 0 Å². The molecule has 120 valence electrons. The quantitative estimate of drug-likeness (QED) is 0.743. The molecule has 0 radical (unpaired) electrons. The summed E-state index contributed by atoms with van der Waals surface area (Å²) in [6, 6.07) is -0.574. The highest BCUT2D eigenvalue weighted by Crippen LogP contribution is 2.39. The Hall–Kier alpha value is -2.05. The van der Waals surface area contributed by atoms with E-state index in [4.69, 9.17) is 4.74 Å². The van der Waals surface area contributed by atoms with Crippen LogP contribution in [0.2, 0.25) is 0 Å². The van der Waals surface area contributed by atoms with Gasteiger partial charge in [0.2, 0.25) is 11.8 Å². The van der Waals surface area contributed by atoms with Crippen LogP contribution in [-0.4, -0.2) is 65.5 Å². The van der Waals surface area contributed by atoms with Gasteiger partial charge in [-0.25, -0.2) is 4.79 Å². The van der Waals surface area contributed by atoms with Gasteiger partial charge < -0.3 is 19.9 Å². The molecular weight excluding hydrogens is 286 g/mol. The van der Waals surface area contributed by atoms with Gasteiger partial charge in [-0.05, 0) is 31.8 Å². The molecule has 3 fully saturated rings. The SMILES string of the molecule is C=CC(=O)N1CCC2(CCCN2C(=O)[C@@H]2COC(=O)N2)CC1. The lowest BCUT2D eigenvalue weighted by Crippen LogP contribution is -2.58. The van der Waals surface area contributed by atoms with E-state index >= 15 is 0 Å². The number of carbonyl (C=O) groups is 3. The molecule has 0 saturated carbocycles. The first-order valence-electron chi connectivity index (χ1n) is 7.72. The third-order valence-electron chi connectivity index (χ3n) is 5.01. The first-order valence-corrected chi connectivity index (χ1v) is 7.72. The molecule has 0 bridgehead atoms. The fourth-order valence-electron chi connectivity index (χ4n) is 3.78. The number of piperidine rings is 1. The summed E-state index contributed by atoms with van der Waals surface area (Å²) in [6.45, 7) is 5.61. The van der Waals surface area contributed by atoms with Crippen molar-refractivity contribution in [2.75, 3.05) is 26.2 Å². The number of likely N-dealkylation sites (tertiary alicyclic amines) is 2. The van der Waals surface area contributed by atoms with E-state index in [1.807, 2.05) is 4.90 Å². The zero-order valence-corrected chi connectivity index (χ0v) is 12.5. The predicted molar refractivity (Wildman–Crippen MR) is 78.0 cm³/mol. The van der Waals surface area contributed by atoms with Gasteiger partial charge in [-0.2, -0.15) is 0 Å². The van der Waals surface area contributed by atoms with Crippen molar-refractivity contribution in [2.45, 2.75) is 37.3 Å². The number of rotatable bonds is 2. The van der Waals surface area contributed by atoms with Gasteiger partial charge in [-0.1, -0.05) is 6.58 Å². The Morgan fingerprint density at radius 3 is 2.59 bits per heavy atom. The molecule has 3 heterocycles. The summed E-state index contributed by atoms with van der Waals surface area (Å²) >= 11 is 0. The Morgan fingerprint density at radius 1 is 1.27 bits per heavy atom. The summed E-state index contributed by atoms with van der Waals surface area (Å²) < 4.78 is 4.82. The Bertz CT molecular complexity index is 511. The molecule has 3 amide bonds.